The van der Waals surface area contributed by atoms with E-state index in [1.165, 1.54) is 0 Å². The third-order valence-corrected chi connectivity index (χ3v) is 7.07. The molecule has 1 aliphatic heterocycles. The van der Waals surface area contributed by atoms with Crippen molar-refractivity contribution < 1.29 is 33.7 Å². The van der Waals surface area contributed by atoms with Gasteiger partial charge in [-0.25, -0.2) is 0 Å². The van der Waals surface area contributed by atoms with Crippen LogP contribution in [-0.2, 0) is 28.6 Å². The fourth-order valence-electron chi connectivity index (χ4n) is 5.08. The van der Waals surface area contributed by atoms with Gasteiger partial charge in [-0.15, -0.1) is 0 Å². The van der Waals surface area contributed by atoms with Crippen LogP contribution in [0.5, 0.6) is 0 Å². The van der Waals surface area contributed by atoms with Crippen molar-refractivity contribution in [2.75, 3.05) is 85.1 Å². The highest BCUT2D eigenvalue weighted by atomic mass is 16.6. The van der Waals surface area contributed by atoms with Crippen LogP contribution in [0.1, 0.15) is 67.9 Å². The Morgan fingerprint density at radius 3 is 1.31 bits per heavy atom. The highest BCUT2D eigenvalue weighted by Crippen LogP contribution is 2.11. The number of aliphatic imine (C=N–C) groups is 1. The van der Waals surface area contributed by atoms with Gasteiger partial charge in [0.25, 0.3) is 0 Å². The summed E-state index contributed by atoms with van der Waals surface area (Å²) in [7, 11) is 0. The van der Waals surface area contributed by atoms with E-state index in [1.54, 1.807) is 6.21 Å². The van der Waals surface area contributed by atoms with E-state index in [4.69, 9.17) is 14.2 Å². The summed E-state index contributed by atoms with van der Waals surface area (Å²) in [6.45, 7) is 21.7. The largest absolute Gasteiger partial charge is 0.459 e. The van der Waals surface area contributed by atoms with Crippen molar-refractivity contribution in [2.24, 2.45) is 4.99 Å². The number of aliphatic hydroxyl groups is 1. The number of hydrogen-bond acceptors (Lipinski definition) is 12. The molecule has 0 aromatic heterocycles. The molecule has 12 heteroatoms. The highest BCUT2D eigenvalue weighted by molar-refractivity contribution is 5.79. The Kier molecular flexibility index (Phi) is 16.6. The molecule has 0 spiro atoms. The molecule has 0 bridgehead atoms. The Bertz CT molecular complexity index is 1110. The van der Waals surface area contributed by atoms with Gasteiger partial charge in [-0.1, -0.05) is 30.3 Å². The number of benzene rings is 1. The normalized spacial score (nSPS) is 18.1. The molecule has 1 heterocycles. The van der Waals surface area contributed by atoms with Gasteiger partial charge in [-0.05, 0) is 67.9 Å². The summed E-state index contributed by atoms with van der Waals surface area (Å²) < 4.78 is 16.9. The lowest BCUT2D eigenvalue weighted by Gasteiger charge is -2.34. The molecule has 0 amide bonds. The first-order valence-electron chi connectivity index (χ1n) is 17.0. The summed E-state index contributed by atoms with van der Waals surface area (Å²) >= 11 is 0. The Morgan fingerprint density at radius 1 is 0.646 bits per heavy atom. The van der Waals surface area contributed by atoms with Crippen LogP contribution in [0.2, 0.25) is 0 Å². The molecule has 272 valence electrons. The molecule has 1 N–H and O–H groups in total. The number of hydrogen-bond donors (Lipinski definition) is 1. The lowest BCUT2D eigenvalue weighted by atomic mass is 10.2. The first-order chi connectivity index (χ1) is 22.3. The van der Waals surface area contributed by atoms with Crippen LogP contribution < -0.4 is 0 Å². The summed E-state index contributed by atoms with van der Waals surface area (Å²) in [5, 5.41) is 11.0. The van der Waals surface area contributed by atoms with Crippen molar-refractivity contribution >= 4 is 24.1 Å². The zero-order valence-corrected chi connectivity index (χ0v) is 30.9. The number of β-amino-alcohol motifs (C(OH)–C–C–N with tert-alkyl or cyclic N) is 1. The van der Waals surface area contributed by atoms with Crippen molar-refractivity contribution in [1.82, 2.24) is 19.6 Å². The van der Waals surface area contributed by atoms with E-state index in [9.17, 15) is 19.5 Å². The summed E-state index contributed by atoms with van der Waals surface area (Å²) in [4.78, 5) is 51.3. The van der Waals surface area contributed by atoms with Crippen molar-refractivity contribution in [3.63, 3.8) is 0 Å². The van der Waals surface area contributed by atoms with E-state index in [-0.39, 0.29) is 44.1 Å². The number of carbonyl (C=O) groups excluding carboxylic acids is 3. The minimum atomic E-state index is -0.708. The summed E-state index contributed by atoms with van der Waals surface area (Å²) in [5.74, 6) is -0.973. The van der Waals surface area contributed by atoms with Crippen LogP contribution >= 0.6 is 0 Å². The Labute approximate surface area is 288 Å². The zero-order chi connectivity index (χ0) is 36.0. The van der Waals surface area contributed by atoms with E-state index in [1.807, 2.05) is 107 Å². The molecular formula is C36H61N5O7. The van der Waals surface area contributed by atoms with Gasteiger partial charge >= 0.3 is 17.9 Å². The van der Waals surface area contributed by atoms with Gasteiger partial charge in [0, 0.05) is 65.1 Å². The van der Waals surface area contributed by atoms with E-state index >= 15 is 0 Å². The average molecular weight is 676 g/mol. The van der Waals surface area contributed by atoms with Gasteiger partial charge in [0.2, 0.25) is 0 Å². The van der Waals surface area contributed by atoms with Gasteiger partial charge in [0.15, 0.2) is 0 Å². The van der Waals surface area contributed by atoms with E-state index in [0.717, 1.165) is 5.56 Å². The maximum Gasteiger partial charge on any atom is 0.320 e. The Hall–Kier alpha value is -2.90. The van der Waals surface area contributed by atoms with E-state index < -0.39 is 22.9 Å². The number of nitrogens with zero attached hydrogens (tertiary/aromatic N) is 5. The van der Waals surface area contributed by atoms with Crippen LogP contribution in [0.3, 0.4) is 0 Å². The molecule has 1 fully saturated rings. The standard InChI is InChI=1S/C36H61N5O7/c1-34(2,3)46-31(43)26-39-17-15-38(25-30(42)24-37-23-29-13-11-10-12-14-29)16-18-40(27-32(44)47-35(4,5)6)20-22-41(21-19-39)28-33(45)48-36(7,8)9/h10-14,23,30,42H,15-22,24-28H2,1-9H3. The quantitative estimate of drug-likeness (QED) is 0.212. The molecular weight excluding hydrogens is 614 g/mol. The predicted octanol–water partition coefficient (Wildman–Crippen LogP) is 2.71. The molecule has 48 heavy (non-hydrogen) atoms. The second-order valence-electron chi connectivity index (χ2n) is 15.4. The smallest absolute Gasteiger partial charge is 0.320 e. The topological polar surface area (TPSA) is 124 Å². The first-order valence-corrected chi connectivity index (χ1v) is 17.0. The predicted molar refractivity (Wildman–Crippen MR) is 188 cm³/mol. The molecule has 1 aromatic rings. The number of ether oxygens (including phenoxy) is 3. The second kappa shape index (κ2) is 19.3. The maximum absolute atomic E-state index is 12.9. The summed E-state index contributed by atoms with van der Waals surface area (Å²) in [6, 6.07) is 9.74. The van der Waals surface area contributed by atoms with Crippen LogP contribution in [0.15, 0.2) is 35.3 Å². The van der Waals surface area contributed by atoms with Crippen molar-refractivity contribution in [3.05, 3.63) is 35.9 Å². The Morgan fingerprint density at radius 2 is 0.979 bits per heavy atom. The van der Waals surface area contributed by atoms with Gasteiger partial charge in [-0.2, -0.15) is 0 Å². The minimum absolute atomic E-state index is 0.0830. The molecule has 0 radical (unpaired) electrons. The number of rotatable bonds is 11. The molecule has 1 saturated heterocycles. The van der Waals surface area contributed by atoms with E-state index in [0.29, 0.717) is 58.9 Å². The van der Waals surface area contributed by atoms with Gasteiger partial charge < -0.3 is 19.3 Å². The molecule has 2 rings (SSSR count). The SMILES string of the molecule is CC(C)(C)OC(=O)CN1CCN(CC(=O)OC(C)(C)C)CCN(CC(O)CN=Cc2ccccc2)CCN(CC(=O)OC(C)(C)C)CC1. The molecule has 1 aromatic carbocycles. The minimum Gasteiger partial charge on any atom is -0.459 e. The van der Waals surface area contributed by atoms with Crippen LogP contribution in [0.25, 0.3) is 0 Å². The molecule has 1 unspecified atom stereocenters. The summed E-state index contributed by atoms with van der Waals surface area (Å²) in [6.07, 6.45) is 1.05. The van der Waals surface area contributed by atoms with Crippen molar-refractivity contribution in [3.8, 4) is 0 Å². The van der Waals surface area contributed by atoms with Gasteiger partial charge in [-0.3, -0.25) is 39.0 Å². The van der Waals surface area contributed by atoms with Crippen molar-refractivity contribution in [2.45, 2.75) is 85.2 Å². The third kappa shape index (κ3) is 19.8. The molecule has 0 aliphatic carbocycles. The first kappa shape index (κ1) is 41.3. The highest BCUT2D eigenvalue weighted by Gasteiger charge is 2.26. The number of aliphatic hydroxyl groups excluding tert-OH is 1. The Balaban J connectivity index is 2.25. The molecule has 1 atom stereocenters. The fraction of sp³-hybridized carbons (Fsp3) is 0.722. The van der Waals surface area contributed by atoms with Crippen LogP contribution in [0.4, 0.5) is 0 Å². The average Bonchev–Trinajstić information content (AvgIpc) is 2.92. The van der Waals surface area contributed by atoms with Gasteiger partial charge in [0.05, 0.1) is 32.3 Å². The maximum atomic E-state index is 12.9. The number of carbonyl (C=O) groups is 3. The van der Waals surface area contributed by atoms with Gasteiger partial charge in [0.1, 0.15) is 16.8 Å². The lowest BCUT2D eigenvalue weighted by molar-refractivity contribution is -0.158. The number of esters is 3. The summed E-state index contributed by atoms with van der Waals surface area (Å²) in [5.41, 5.74) is -0.872. The van der Waals surface area contributed by atoms with Crippen LogP contribution in [0, 0.1) is 0 Å². The van der Waals surface area contributed by atoms with E-state index in [2.05, 4.69) is 9.89 Å². The second-order valence-corrected chi connectivity index (χ2v) is 15.4. The fourth-order valence-corrected chi connectivity index (χ4v) is 5.08. The van der Waals surface area contributed by atoms with Crippen LogP contribution in [-0.4, -0.2) is 157 Å². The molecule has 1 aliphatic rings. The third-order valence-electron chi connectivity index (χ3n) is 7.07. The van der Waals surface area contributed by atoms with Crippen molar-refractivity contribution in [1.29, 1.82) is 0 Å². The monoisotopic (exact) mass is 675 g/mol. The zero-order valence-electron chi connectivity index (χ0n) is 30.9. The lowest BCUT2D eigenvalue weighted by Crippen LogP contribution is -2.50. The molecule has 0 saturated carbocycles. The molecule has 12 nitrogen and oxygen atoms in total.